The van der Waals surface area contributed by atoms with Gasteiger partial charge >= 0.3 is 0 Å². The Bertz CT molecular complexity index is 485. The largest absolute Gasteiger partial charge is 0.479 e. The Kier molecular flexibility index (Phi) is 6.13. The second-order valence-corrected chi connectivity index (χ2v) is 4.21. The van der Waals surface area contributed by atoms with E-state index >= 15 is 0 Å². The second-order valence-electron chi connectivity index (χ2n) is 3.80. The molecule has 1 aromatic carbocycles. The third-order valence-electron chi connectivity index (χ3n) is 2.34. The maximum Gasteiger partial charge on any atom is 0.260 e. The zero-order chi connectivity index (χ0) is 14.3. The number of halogens is 1. The van der Waals surface area contributed by atoms with Crippen LogP contribution in [-0.4, -0.2) is 32.3 Å². The predicted molar refractivity (Wildman–Crippen MR) is 71.1 cm³/mol. The van der Waals surface area contributed by atoms with Gasteiger partial charge in [0.25, 0.3) is 5.91 Å². The van der Waals surface area contributed by atoms with E-state index < -0.39 is 6.10 Å². The summed E-state index contributed by atoms with van der Waals surface area (Å²) in [7, 11) is 1.56. The van der Waals surface area contributed by atoms with Crippen molar-refractivity contribution in [2.75, 3.05) is 20.3 Å². The number of carbonyl (C=O) groups excluding carboxylic acids is 1. The second kappa shape index (κ2) is 7.62. The summed E-state index contributed by atoms with van der Waals surface area (Å²) in [6, 6.07) is 6.61. The molecular weight excluding hydrogens is 268 g/mol. The van der Waals surface area contributed by atoms with Gasteiger partial charge in [-0.15, -0.1) is 0 Å². The smallest absolute Gasteiger partial charge is 0.260 e. The summed E-state index contributed by atoms with van der Waals surface area (Å²) in [6.07, 6.45) is -0.678. The Morgan fingerprint density at radius 2 is 2.32 bits per heavy atom. The number of hydrogen-bond donors (Lipinski definition) is 1. The summed E-state index contributed by atoms with van der Waals surface area (Å²) < 4.78 is 10.3. The molecule has 0 saturated carbocycles. The average molecular weight is 283 g/mol. The highest BCUT2D eigenvalue weighted by Crippen LogP contribution is 2.26. The van der Waals surface area contributed by atoms with Crippen molar-refractivity contribution < 1.29 is 14.3 Å². The maximum atomic E-state index is 11.7. The molecule has 0 spiro atoms. The zero-order valence-corrected chi connectivity index (χ0v) is 11.5. The number of nitriles is 1. The van der Waals surface area contributed by atoms with Crippen LogP contribution < -0.4 is 10.1 Å². The summed E-state index contributed by atoms with van der Waals surface area (Å²) >= 11 is 5.96. The molecule has 1 atom stereocenters. The van der Waals surface area contributed by atoms with Crippen LogP contribution in [0.2, 0.25) is 5.02 Å². The van der Waals surface area contributed by atoms with Crippen molar-refractivity contribution in [2.45, 2.75) is 13.0 Å². The van der Waals surface area contributed by atoms with Crippen molar-refractivity contribution in [3.05, 3.63) is 28.8 Å². The van der Waals surface area contributed by atoms with Gasteiger partial charge in [0.15, 0.2) is 6.10 Å². The van der Waals surface area contributed by atoms with Crippen molar-refractivity contribution in [3.63, 3.8) is 0 Å². The Labute approximate surface area is 117 Å². The van der Waals surface area contributed by atoms with Crippen LogP contribution >= 0.6 is 11.6 Å². The summed E-state index contributed by atoms with van der Waals surface area (Å²) in [5.74, 6) is 0.118. The molecule has 0 bridgehead atoms. The van der Waals surface area contributed by atoms with Crippen molar-refractivity contribution in [1.29, 1.82) is 5.26 Å². The van der Waals surface area contributed by atoms with Crippen LogP contribution in [0.4, 0.5) is 0 Å². The van der Waals surface area contributed by atoms with Crippen LogP contribution in [-0.2, 0) is 9.53 Å². The molecule has 0 aromatic heterocycles. The van der Waals surface area contributed by atoms with E-state index in [0.717, 1.165) is 0 Å². The van der Waals surface area contributed by atoms with Gasteiger partial charge in [0.1, 0.15) is 5.75 Å². The first-order valence-corrected chi connectivity index (χ1v) is 6.09. The van der Waals surface area contributed by atoms with E-state index in [2.05, 4.69) is 5.32 Å². The van der Waals surface area contributed by atoms with E-state index in [9.17, 15) is 4.79 Å². The third-order valence-corrected chi connectivity index (χ3v) is 2.63. The van der Waals surface area contributed by atoms with Gasteiger partial charge in [0.2, 0.25) is 0 Å². The van der Waals surface area contributed by atoms with Gasteiger partial charge in [0, 0.05) is 13.7 Å². The Morgan fingerprint density at radius 1 is 1.58 bits per heavy atom. The molecular formula is C13H15ClN2O3. The Balaban J connectivity index is 2.59. The van der Waals surface area contributed by atoms with E-state index in [4.69, 9.17) is 26.3 Å². The van der Waals surface area contributed by atoms with Crippen LogP contribution in [0.5, 0.6) is 5.75 Å². The number of carbonyl (C=O) groups is 1. The van der Waals surface area contributed by atoms with E-state index in [1.54, 1.807) is 26.2 Å². The monoisotopic (exact) mass is 282 g/mol. The fraction of sp³-hybridized carbons (Fsp3) is 0.385. The summed E-state index contributed by atoms with van der Waals surface area (Å²) in [6.45, 7) is 2.48. The first-order valence-electron chi connectivity index (χ1n) is 5.71. The molecule has 1 N–H and O–H groups in total. The number of nitrogens with one attached hydrogen (secondary N) is 1. The molecule has 6 heteroatoms. The van der Waals surface area contributed by atoms with Gasteiger partial charge in [-0.05, 0) is 25.1 Å². The zero-order valence-electron chi connectivity index (χ0n) is 10.8. The molecule has 0 heterocycles. The number of rotatable bonds is 6. The van der Waals surface area contributed by atoms with Crippen molar-refractivity contribution in [1.82, 2.24) is 5.32 Å². The summed E-state index contributed by atoms with van der Waals surface area (Å²) in [5.41, 5.74) is 0.439. The van der Waals surface area contributed by atoms with E-state index in [0.29, 0.717) is 29.5 Å². The topological polar surface area (TPSA) is 71.3 Å². The van der Waals surface area contributed by atoms with Gasteiger partial charge in [-0.3, -0.25) is 4.79 Å². The number of benzene rings is 1. The normalized spacial score (nSPS) is 11.5. The maximum absolute atomic E-state index is 11.7. The lowest BCUT2D eigenvalue weighted by molar-refractivity contribution is -0.127. The predicted octanol–water partition coefficient (Wildman–Crippen LogP) is 1.74. The van der Waals surface area contributed by atoms with E-state index in [1.807, 2.05) is 6.07 Å². The van der Waals surface area contributed by atoms with E-state index in [1.165, 1.54) is 6.07 Å². The molecule has 102 valence electrons. The molecule has 0 aliphatic heterocycles. The van der Waals surface area contributed by atoms with Crippen LogP contribution in [0.3, 0.4) is 0 Å². The lowest BCUT2D eigenvalue weighted by Gasteiger charge is -2.15. The van der Waals surface area contributed by atoms with Crippen LogP contribution in [0.25, 0.3) is 0 Å². The first-order chi connectivity index (χ1) is 9.08. The molecule has 1 aromatic rings. The van der Waals surface area contributed by atoms with E-state index in [-0.39, 0.29) is 5.91 Å². The van der Waals surface area contributed by atoms with Crippen LogP contribution in [0, 0.1) is 11.3 Å². The average Bonchev–Trinajstić information content (AvgIpc) is 2.41. The fourth-order valence-corrected chi connectivity index (χ4v) is 1.56. The number of ether oxygens (including phenoxy) is 2. The van der Waals surface area contributed by atoms with Gasteiger partial charge in [-0.1, -0.05) is 11.6 Å². The summed E-state index contributed by atoms with van der Waals surface area (Å²) in [4.78, 5) is 11.7. The number of methoxy groups -OCH3 is 1. The quantitative estimate of drug-likeness (QED) is 0.807. The number of hydrogen-bond acceptors (Lipinski definition) is 4. The molecule has 5 nitrogen and oxygen atoms in total. The molecule has 0 aliphatic rings. The van der Waals surface area contributed by atoms with Crippen LogP contribution in [0.1, 0.15) is 12.5 Å². The first kappa shape index (κ1) is 15.3. The highest BCUT2D eigenvalue weighted by atomic mass is 35.5. The Morgan fingerprint density at radius 3 is 2.89 bits per heavy atom. The van der Waals surface area contributed by atoms with Crippen molar-refractivity contribution in [3.8, 4) is 11.8 Å². The summed E-state index contributed by atoms with van der Waals surface area (Å²) in [5, 5.41) is 11.7. The van der Waals surface area contributed by atoms with Crippen molar-refractivity contribution in [2.24, 2.45) is 0 Å². The molecule has 0 saturated heterocycles. The lowest BCUT2D eigenvalue weighted by atomic mass is 10.2. The molecule has 0 aliphatic carbocycles. The molecule has 1 amide bonds. The lowest BCUT2D eigenvalue weighted by Crippen LogP contribution is -2.37. The van der Waals surface area contributed by atoms with Gasteiger partial charge in [0.05, 0.1) is 23.3 Å². The minimum Gasteiger partial charge on any atom is -0.479 e. The van der Waals surface area contributed by atoms with Gasteiger partial charge in [-0.2, -0.15) is 5.26 Å². The van der Waals surface area contributed by atoms with Crippen LogP contribution in [0.15, 0.2) is 18.2 Å². The molecule has 0 radical (unpaired) electrons. The SMILES string of the molecule is COCCNC(=O)C(C)Oc1ccc(C#N)cc1Cl. The Hall–Kier alpha value is -1.77. The fourth-order valence-electron chi connectivity index (χ4n) is 1.33. The third kappa shape index (κ3) is 4.78. The molecule has 1 rings (SSSR count). The molecule has 0 fully saturated rings. The number of amides is 1. The highest BCUT2D eigenvalue weighted by molar-refractivity contribution is 6.32. The van der Waals surface area contributed by atoms with Gasteiger partial charge in [-0.25, -0.2) is 0 Å². The number of nitrogens with zero attached hydrogens (tertiary/aromatic N) is 1. The van der Waals surface area contributed by atoms with Crippen molar-refractivity contribution >= 4 is 17.5 Å². The molecule has 19 heavy (non-hydrogen) atoms. The molecule has 1 unspecified atom stereocenters. The highest BCUT2D eigenvalue weighted by Gasteiger charge is 2.15. The minimum atomic E-state index is -0.678. The standard InChI is InChI=1S/C13H15ClN2O3/c1-9(13(17)16-5-6-18-2)19-12-4-3-10(8-15)7-11(12)14/h3-4,7,9H,5-6H2,1-2H3,(H,16,17). The minimum absolute atomic E-state index is 0.252. The van der Waals surface area contributed by atoms with Gasteiger partial charge < -0.3 is 14.8 Å².